The van der Waals surface area contributed by atoms with Crippen LogP contribution in [0, 0.1) is 11.8 Å². The smallest absolute Gasteiger partial charge is 0.253 e. The number of aliphatic hydroxyl groups excluding tert-OH is 1. The molecule has 0 saturated carbocycles. The number of ether oxygens (including phenoxy) is 2. The van der Waals surface area contributed by atoms with Gasteiger partial charge in [0.1, 0.15) is 17.4 Å². The first kappa shape index (κ1) is 33.7. The minimum atomic E-state index is -1.19. The number of likely N-dealkylation sites (tertiary alicyclic amines) is 1. The highest BCUT2D eigenvalue weighted by atomic mass is 35.5. The molecule has 0 aliphatic carbocycles. The second-order valence-corrected chi connectivity index (χ2v) is 12.8. The van der Waals surface area contributed by atoms with Crippen LogP contribution in [0.4, 0.5) is 11.4 Å². The Balaban J connectivity index is 1.56. The average molecular weight is 650 g/mol. The van der Waals surface area contributed by atoms with Crippen LogP contribution in [0.2, 0.25) is 5.02 Å². The van der Waals surface area contributed by atoms with Gasteiger partial charge in [0.05, 0.1) is 34.8 Å². The highest BCUT2D eigenvalue weighted by Gasteiger charge is 2.78. The van der Waals surface area contributed by atoms with Crippen LogP contribution in [0.1, 0.15) is 46.0 Å². The molecule has 2 aromatic carbocycles. The van der Waals surface area contributed by atoms with Crippen molar-refractivity contribution >= 4 is 40.7 Å². The van der Waals surface area contributed by atoms with Gasteiger partial charge < -0.3 is 29.3 Å². The number of unbranched alkanes of at least 4 members (excludes halogenated alkanes) is 2. The molecule has 1 spiro atoms. The number of para-hydroxylation sites is 1. The summed E-state index contributed by atoms with van der Waals surface area (Å²) in [6, 6.07) is 13.4. The van der Waals surface area contributed by atoms with Crippen LogP contribution in [0.5, 0.6) is 5.75 Å². The Bertz CT molecular complexity index is 1470. The normalized spacial score (nSPS) is 26.1. The lowest BCUT2D eigenvalue weighted by Gasteiger charge is -2.37. The molecule has 0 radical (unpaired) electrons. The number of halogens is 1. The Morgan fingerprint density at radius 1 is 1.04 bits per heavy atom. The van der Waals surface area contributed by atoms with Crippen LogP contribution in [0.3, 0.4) is 0 Å². The van der Waals surface area contributed by atoms with Crippen LogP contribution >= 0.6 is 11.6 Å². The van der Waals surface area contributed by atoms with Crippen molar-refractivity contribution in [2.75, 3.05) is 42.6 Å². The molecule has 0 aromatic heterocycles. The van der Waals surface area contributed by atoms with E-state index >= 15 is 0 Å². The molecule has 2 unspecified atom stereocenters. The number of anilines is 2. The average Bonchev–Trinajstić information content (AvgIpc) is 3.61. The summed E-state index contributed by atoms with van der Waals surface area (Å²) in [6.45, 7) is 12.8. The van der Waals surface area contributed by atoms with Crippen molar-refractivity contribution in [2.45, 2.75) is 63.2 Å². The van der Waals surface area contributed by atoms with Gasteiger partial charge in [-0.2, -0.15) is 0 Å². The topological polar surface area (TPSA) is 99.6 Å². The number of rotatable bonds is 15. The van der Waals surface area contributed by atoms with Gasteiger partial charge in [0.2, 0.25) is 11.8 Å². The third-order valence-corrected chi connectivity index (χ3v) is 9.91. The maximum atomic E-state index is 14.8. The summed E-state index contributed by atoms with van der Waals surface area (Å²) >= 11 is 6.58. The zero-order valence-electron chi connectivity index (χ0n) is 26.7. The van der Waals surface area contributed by atoms with Gasteiger partial charge in [-0.25, -0.2) is 0 Å². The summed E-state index contributed by atoms with van der Waals surface area (Å²) < 4.78 is 12.5. The van der Waals surface area contributed by atoms with Crippen LogP contribution in [-0.2, 0) is 19.1 Å². The molecular weight excluding hydrogens is 606 g/mol. The molecule has 3 heterocycles. The Kier molecular flexibility index (Phi) is 10.2. The van der Waals surface area contributed by atoms with Crippen molar-refractivity contribution in [1.82, 2.24) is 4.90 Å². The summed E-state index contributed by atoms with van der Waals surface area (Å²) in [4.78, 5) is 48.8. The molecule has 5 rings (SSSR count). The van der Waals surface area contributed by atoms with E-state index in [9.17, 15) is 19.5 Å². The number of benzene rings is 2. The molecule has 2 bridgehead atoms. The van der Waals surface area contributed by atoms with Gasteiger partial charge in [0.15, 0.2) is 0 Å². The standard InChI is InChI=1S/C36H44ClN3O6/c1-5-21-38(25-15-17-26(18-16-25)45-7-3)32(42)29-30-33(43)40(23-11-8-12-24-41)31(36(30)20-19-35(29,4)46-36)34(44)39(22-6-2)28-14-10-9-13-27(28)37/h5-6,9-10,13-18,29-31,41H,1-2,7-8,11-12,19-24H2,3-4H3/t29-,30-,31?,35+,36?/m0/s1. The van der Waals surface area contributed by atoms with Gasteiger partial charge in [0, 0.05) is 31.9 Å². The van der Waals surface area contributed by atoms with E-state index in [-0.39, 0.29) is 37.4 Å². The first-order chi connectivity index (χ1) is 22.2. The number of hydrogen-bond acceptors (Lipinski definition) is 6. The Morgan fingerprint density at radius 3 is 2.39 bits per heavy atom. The van der Waals surface area contributed by atoms with Crippen molar-refractivity contribution in [3.8, 4) is 5.75 Å². The third kappa shape index (κ3) is 5.85. The summed E-state index contributed by atoms with van der Waals surface area (Å²) in [6.07, 6.45) is 6.14. The van der Waals surface area contributed by atoms with Crippen LogP contribution < -0.4 is 14.5 Å². The Hall–Kier alpha value is -3.66. The van der Waals surface area contributed by atoms with Crippen LogP contribution in [0.15, 0.2) is 73.8 Å². The summed E-state index contributed by atoms with van der Waals surface area (Å²) in [7, 11) is 0. The van der Waals surface area contributed by atoms with E-state index in [0.29, 0.717) is 67.4 Å². The van der Waals surface area contributed by atoms with E-state index in [2.05, 4.69) is 13.2 Å². The molecule has 10 heteroatoms. The number of hydrogen-bond donors (Lipinski definition) is 1. The number of nitrogens with zero attached hydrogens (tertiary/aromatic N) is 3. The number of amides is 3. The predicted molar refractivity (Wildman–Crippen MR) is 179 cm³/mol. The van der Waals surface area contributed by atoms with Crippen molar-refractivity contribution in [3.05, 3.63) is 78.9 Å². The van der Waals surface area contributed by atoms with E-state index in [1.54, 1.807) is 51.1 Å². The molecule has 3 fully saturated rings. The van der Waals surface area contributed by atoms with Gasteiger partial charge in [-0.15, -0.1) is 13.2 Å². The number of carbonyl (C=O) groups excluding carboxylic acids is 3. The van der Waals surface area contributed by atoms with E-state index in [1.807, 2.05) is 38.1 Å². The van der Waals surface area contributed by atoms with Crippen molar-refractivity contribution in [3.63, 3.8) is 0 Å². The highest BCUT2D eigenvalue weighted by Crippen LogP contribution is 2.63. The lowest BCUT2D eigenvalue weighted by atomic mass is 9.66. The molecule has 246 valence electrons. The van der Waals surface area contributed by atoms with Crippen LogP contribution in [-0.4, -0.2) is 77.8 Å². The van der Waals surface area contributed by atoms with E-state index in [1.165, 1.54) is 0 Å². The fraction of sp³-hybridized carbons (Fsp3) is 0.472. The number of fused-ring (bicyclic) bond motifs is 1. The lowest BCUT2D eigenvalue weighted by Crippen LogP contribution is -2.56. The molecular formula is C36H44ClN3O6. The van der Waals surface area contributed by atoms with Gasteiger partial charge in [-0.05, 0) is 82.3 Å². The molecule has 5 atom stereocenters. The van der Waals surface area contributed by atoms with Gasteiger partial charge in [-0.3, -0.25) is 14.4 Å². The summed E-state index contributed by atoms with van der Waals surface area (Å²) in [5.74, 6) is -1.79. The minimum absolute atomic E-state index is 0.0468. The van der Waals surface area contributed by atoms with Gasteiger partial charge >= 0.3 is 0 Å². The predicted octanol–water partition coefficient (Wildman–Crippen LogP) is 5.40. The lowest BCUT2D eigenvalue weighted by molar-refractivity contribution is -0.144. The van der Waals surface area contributed by atoms with E-state index < -0.39 is 29.1 Å². The molecule has 3 amide bonds. The molecule has 3 saturated heterocycles. The summed E-state index contributed by atoms with van der Waals surface area (Å²) in [5.41, 5.74) is -0.971. The molecule has 1 N–H and O–H groups in total. The first-order valence-electron chi connectivity index (χ1n) is 16.1. The fourth-order valence-corrected chi connectivity index (χ4v) is 7.89. The molecule has 3 aliphatic heterocycles. The maximum Gasteiger partial charge on any atom is 0.253 e. The van der Waals surface area contributed by atoms with Gasteiger partial charge in [0.25, 0.3) is 5.91 Å². The Labute approximate surface area is 276 Å². The SMILES string of the molecule is C=CCN(C(=O)[C@@H]1[C@H]2C(=O)N(CCCCCO)C(C(=O)N(CC=C)c3ccccc3Cl)C23CC[C@@]1(C)O3)c1ccc(OCC)cc1. The minimum Gasteiger partial charge on any atom is -0.494 e. The molecule has 2 aromatic rings. The van der Waals surface area contributed by atoms with Crippen molar-refractivity contribution in [2.24, 2.45) is 11.8 Å². The fourth-order valence-electron chi connectivity index (χ4n) is 7.66. The monoisotopic (exact) mass is 649 g/mol. The van der Waals surface area contributed by atoms with Crippen molar-refractivity contribution in [1.29, 1.82) is 0 Å². The zero-order valence-corrected chi connectivity index (χ0v) is 27.5. The molecule has 46 heavy (non-hydrogen) atoms. The zero-order chi connectivity index (χ0) is 33.1. The summed E-state index contributed by atoms with van der Waals surface area (Å²) in [5, 5.41) is 9.77. The Morgan fingerprint density at radius 2 is 1.74 bits per heavy atom. The van der Waals surface area contributed by atoms with E-state index in [0.717, 1.165) is 0 Å². The van der Waals surface area contributed by atoms with E-state index in [4.69, 9.17) is 21.1 Å². The molecule has 3 aliphatic rings. The maximum absolute atomic E-state index is 14.8. The van der Waals surface area contributed by atoms with Gasteiger partial charge in [-0.1, -0.05) is 35.9 Å². The quantitative estimate of drug-likeness (QED) is 0.205. The third-order valence-electron chi connectivity index (χ3n) is 9.59. The number of aliphatic hydroxyl groups is 1. The first-order valence-corrected chi connectivity index (χ1v) is 16.5. The molecule has 9 nitrogen and oxygen atoms in total. The second kappa shape index (κ2) is 14.0. The van der Waals surface area contributed by atoms with Crippen LogP contribution in [0.25, 0.3) is 0 Å². The highest BCUT2D eigenvalue weighted by molar-refractivity contribution is 6.34. The largest absolute Gasteiger partial charge is 0.494 e. The van der Waals surface area contributed by atoms with Crippen molar-refractivity contribution < 1.29 is 29.0 Å². The second-order valence-electron chi connectivity index (χ2n) is 12.4. The number of carbonyl (C=O) groups is 3.